The van der Waals surface area contributed by atoms with Gasteiger partial charge in [0.25, 0.3) is 5.91 Å². The standard InChI is InChI=1S/C18H24N2O3S/c1-12-6-7-24-15(12)16(21)20-9-13-8-19(14-4-2-3-5-14)10-18(13,11-20)17(22)23/h6-7,13-14H,2-5,8-11H2,1H3,(H,22,23)/t13-,18-/m1/s1. The quantitative estimate of drug-likeness (QED) is 0.911. The Morgan fingerprint density at radius 1 is 1.25 bits per heavy atom. The fraction of sp³-hybridized carbons (Fsp3) is 0.667. The van der Waals surface area contributed by atoms with Gasteiger partial charge in [-0.05, 0) is 36.8 Å². The van der Waals surface area contributed by atoms with Gasteiger partial charge in [-0.3, -0.25) is 14.5 Å². The smallest absolute Gasteiger partial charge is 0.313 e. The number of likely N-dealkylation sites (tertiary alicyclic amines) is 2. The fourth-order valence-electron chi connectivity index (χ4n) is 4.84. The molecule has 0 bridgehead atoms. The number of carbonyl (C=O) groups excluding carboxylic acids is 1. The van der Waals surface area contributed by atoms with Gasteiger partial charge in [0, 0.05) is 38.1 Å². The summed E-state index contributed by atoms with van der Waals surface area (Å²) in [5.41, 5.74) is 0.211. The van der Waals surface area contributed by atoms with Gasteiger partial charge in [0.15, 0.2) is 0 Å². The lowest BCUT2D eigenvalue weighted by atomic mass is 9.81. The fourth-order valence-corrected chi connectivity index (χ4v) is 5.74. The largest absolute Gasteiger partial charge is 0.481 e. The molecule has 5 nitrogen and oxygen atoms in total. The first-order valence-corrected chi connectivity index (χ1v) is 9.70. The average molecular weight is 348 g/mol. The van der Waals surface area contributed by atoms with Crippen LogP contribution in [0, 0.1) is 18.3 Å². The molecular weight excluding hydrogens is 324 g/mol. The summed E-state index contributed by atoms with van der Waals surface area (Å²) in [5, 5.41) is 11.9. The van der Waals surface area contributed by atoms with E-state index < -0.39 is 11.4 Å². The summed E-state index contributed by atoms with van der Waals surface area (Å²) in [5.74, 6) is -0.670. The van der Waals surface area contributed by atoms with E-state index in [1.54, 1.807) is 4.90 Å². The van der Waals surface area contributed by atoms with Crippen LogP contribution in [0.25, 0.3) is 0 Å². The Hall–Kier alpha value is -1.40. The van der Waals surface area contributed by atoms with E-state index in [4.69, 9.17) is 0 Å². The molecule has 1 aromatic rings. The van der Waals surface area contributed by atoms with E-state index in [0.29, 0.717) is 25.7 Å². The van der Waals surface area contributed by atoms with Gasteiger partial charge in [-0.2, -0.15) is 0 Å². The third-order valence-electron chi connectivity index (χ3n) is 6.25. The summed E-state index contributed by atoms with van der Waals surface area (Å²) in [6, 6.07) is 2.50. The zero-order valence-corrected chi connectivity index (χ0v) is 14.8. The number of carboxylic acids is 1. The molecule has 0 radical (unpaired) electrons. The van der Waals surface area contributed by atoms with Gasteiger partial charge < -0.3 is 10.0 Å². The van der Waals surface area contributed by atoms with Crippen molar-refractivity contribution in [1.29, 1.82) is 0 Å². The highest BCUT2D eigenvalue weighted by Gasteiger charge is 2.59. The van der Waals surface area contributed by atoms with Crippen LogP contribution in [0.15, 0.2) is 11.4 Å². The van der Waals surface area contributed by atoms with E-state index in [9.17, 15) is 14.7 Å². The summed E-state index contributed by atoms with van der Waals surface area (Å²) in [6.07, 6.45) is 4.90. The Morgan fingerprint density at radius 2 is 2.00 bits per heavy atom. The minimum Gasteiger partial charge on any atom is -0.481 e. The average Bonchev–Trinajstić information content (AvgIpc) is 3.28. The first-order valence-electron chi connectivity index (χ1n) is 8.82. The molecule has 24 heavy (non-hydrogen) atoms. The maximum absolute atomic E-state index is 12.8. The second kappa shape index (κ2) is 5.85. The molecule has 1 aliphatic carbocycles. The van der Waals surface area contributed by atoms with Crippen molar-refractivity contribution >= 4 is 23.2 Å². The third kappa shape index (κ3) is 2.39. The highest BCUT2D eigenvalue weighted by Crippen LogP contribution is 2.45. The summed E-state index contributed by atoms with van der Waals surface area (Å²) in [6.45, 7) is 4.29. The van der Waals surface area contributed by atoms with Crippen molar-refractivity contribution in [2.45, 2.75) is 38.6 Å². The van der Waals surface area contributed by atoms with Crippen molar-refractivity contribution in [3.63, 3.8) is 0 Å². The first-order chi connectivity index (χ1) is 11.5. The second-order valence-electron chi connectivity index (χ2n) is 7.64. The number of rotatable bonds is 3. The van der Waals surface area contributed by atoms with Crippen LogP contribution in [0.1, 0.15) is 40.9 Å². The van der Waals surface area contributed by atoms with Crippen LogP contribution in [-0.2, 0) is 4.79 Å². The number of hydrogen-bond acceptors (Lipinski definition) is 4. The maximum atomic E-state index is 12.8. The highest BCUT2D eigenvalue weighted by atomic mass is 32.1. The lowest BCUT2D eigenvalue weighted by Gasteiger charge is -2.28. The molecule has 4 rings (SSSR count). The summed E-state index contributed by atoms with van der Waals surface area (Å²) >= 11 is 1.45. The normalized spacial score (nSPS) is 30.9. The lowest BCUT2D eigenvalue weighted by Crippen LogP contribution is -2.43. The molecule has 1 N–H and O–H groups in total. The predicted octanol–water partition coefficient (Wildman–Crippen LogP) is 2.46. The van der Waals surface area contributed by atoms with Gasteiger partial charge in [-0.15, -0.1) is 11.3 Å². The number of nitrogens with zero attached hydrogens (tertiary/aromatic N) is 2. The van der Waals surface area contributed by atoms with E-state index in [0.717, 1.165) is 17.0 Å². The molecule has 0 spiro atoms. The molecular formula is C18H24N2O3S. The Kier molecular flexibility index (Phi) is 3.92. The molecule has 3 heterocycles. The van der Waals surface area contributed by atoms with Gasteiger partial charge in [-0.25, -0.2) is 0 Å². The highest BCUT2D eigenvalue weighted by molar-refractivity contribution is 7.12. The number of fused-ring (bicyclic) bond motifs is 1. The van der Waals surface area contributed by atoms with Crippen LogP contribution in [0.2, 0.25) is 0 Å². The third-order valence-corrected chi connectivity index (χ3v) is 7.25. The van der Waals surface area contributed by atoms with Crippen LogP contribution in [0.4, 0.5) is 0 Å². The Balaban J connectivity index is 1.54. The zero-order chi connectivity index (χ0) is 16.9. The summed E-state index contributed by atoms with van der Waals surface area (Å²) < 4.78 is 0. The van der Waals surface area contributed by atoms with Gasteiger partial charge >= 0.3 is 5.97 Å². The van der Waals surface area contributed by atoms with E-state index >= 15 is 0 Å². The predicted molar refractivity (Wildman–Crippen MR) is 92.3 cm³/mol. The number of aliphatic carboxylic acids is 1. The first kappa shape index (κ1) is 16.1. The van der Waals surface area contributed by atoms with Crippen molar-refractivity contribution in [2.24, 2.45) is 11.3 Å². The van der Waals surface area contributed by atoms with Crippen LogP contribution in [-0.4, -0.2) is 59.0 Å². The number of amides is 1. The van der Waals surface area contributed by atoms with Crippen LogP contribution in [0.3, 0.4) is 0 Å². The summed E-state index contributed by atoms with van der Waals surface area (Å²) in [7, 11) is 0. The van der Waals surface area contributed by atoms with E-state index in [1.807, 2.05) is 18.4 Å². The molecule has 3 fully saturated rings. The molecule has 1 amide bonds. The van der Waals surface area contributed by atoms with Gasteiger partial charge in [0.2, 0.25) is 0 Å². The molecule has 2 saturated heterocycles. The Labute approximate surface area is 146 Å². The number of carboxylic acid groups (broad SMARTS) is 1. The number of aryl methyl sites for hydroxylation is 1. The Bertz CT molecular complexity index is 667. The van der Waals surface area contributed by atoms with Crippen LogP contribution >= 0.6 is 11.3 Å². The SMILES string of the molecule is Cc1ccsc1C(=O)N1C[C@H]2CN(C3CCCC3)C[C@@]2(C(=O)O)C1. The zero-order valence-electron chi connectivity index (χ0n) is 14.0. The molecule has 2 aliphatic heterocycles. The molecule has 130 valence electrons. The van der Waals surface area contributed by atoms with Crippen molar-refractivity contribution in [3.8, 4) is 0 Å². The number of hydrogen-bond donors (Lipinski definition) is 1. The van der Waals surface area contributed by atoms with Gasteiger partial charge in [0.05, 0.1) is 4.88 Å². The molecule has 2 atom stereocenters. The minimum atomic E-state index is -0.774. The number of thiophene rings is 1. The lowest BCUT2D eigenvalue weighted by molar-refractivity contribution is -0.148. The maximum Gasteiger partial charge on any atom is 0.313 e. The van der Waals surface area contributed by atoms with E-state index in [-0.39, 0.29) is 11.8 Å². The van der Waals surface area contributed by atoms with Crippen molar-refractivity contribution in [1.82, 2.24) is 9.80 Å². The van der Waals surface area contributed by atoms with Crippen molar-refractivity contribution in [2.75, 3.05) is 26.2 Å². The summed E-state index contributed by atoms with van der Waals surface area (Å²) in [4.78, 5) is 29.8. The van der Waals surface area contributed by atoms with Crippen LogP contribution in [0.5, 0.6) is 0 Å². The molecule has 6 heteroatoms. The molecule has 0 aromatic carbocycles. The van der Waals surface area contributed by atoms with Gasteiger partial charge in [-0.1, -0.05) is 12.8 Å². The monoisotopic (exact) mass is 348 g/mol. The van der Waals surface area contributed by atoms with E-state index in [2.05, 4.69) is 4.90 Å². The second-order valence-corrected chi connectivity index (χ2v) is 8.56. The van der Waals surface area contributed by atoms with E-state index in [1.165, 1.54) is 37.0 Å². The Morgan fingerprint density at radius 3 is 2.58 bits per heavy atom. The topological polar surface area (TPSA) is 60.9 Å². The molecule has 3 aliphatic rings. The van der Waals surface area contributed by atoms with Gasteiger partial charge in [0.1, 0.15) is 5.41 Å². The van der Waals surface area contributed by atoms with Crippen LogP contribution < -0.4 is 0 Å². The van der Waals surface area contributed by atoms with Crippen molar-refractivity contribution < 1.29 is 14.7 Å². The molecule has 1 saturated carbocycles. The molecule has 1 aromatic heterocycles. The minimum absolute atomic E-state index is 0.00458. The molecule has 0 unspecified atom stereocenters. The number of carbonyl (C=O) groups is 2. The van der Waals surface area contributed by atoms with Crippen molar-refractivity contribution in [3.05, 3.63) is 21.9 Å².